The highest BCUT2D eigenvalue weighted by Gasteiger charge is 2.70. The zero-order valence-electron chi connectivity index (χ0n) is 28.2. The molecule has 3 fully saturated rings. The van der Waals surface area contributed by atoms with E-state index < -0.39 is 93.6 Å². The molecule has 288 valence electrons. The first-order chi connectivity index (χ1) is 25.9. The summed E-state index contributed by atoms with van der Waals surface area (Å²) in [5, 5.41) is 20.7. The Labute approximate surface area is 336 Å². The summed E-state index contributed by atoms with van der Waals surface area (Å²) < 4.78 is 46.3. The molecule has 2 saturated heterocycles. The van der Waals surface area contributed by atoms with E-state index in [9.17, 15) is 42.6 Å². The molecule has 0 spiro atoms. The quantitative estimate of drug-likeness (QED) is 0.157. The number of carboxylic acids is 1. The molecule has 4 aliphatic rings. The Hall–Kier alpha value is -4.19. The van der Waals surface area contributed by atoms with Gasteiger partial charge in [0.1, 0.15) is 0 Å². The number of phenols is 1. The van der Waals surface area contributed by atoms with Gasteiger partial charge < -0.3 is 14.9 Å². The SMILES string of the molecule is COc1cc([C@H]2C3=CC[C@@H]4C(=O)N(CCC(=O)O)C(=O)[C@@H]4[C@@H]3C[C@H]3C(=O)N(Nc4ncc(C(F)(F)F)cc4Cl)C(=O)[C@@]23c2ccc(Cl)cc2)c(Br)c(Br)c1O. The first-order valence-electron chi connectivity index (χ1n) is 16.6. The number of ether oxygens (including phenoxy) is 1. The van der Waals surface area contributed by atoms with Gasteiger partial charge >= 0.3 is 12.1 Å². The number of methoxy groups -OCH3 is 1. The summed E-state index contributed by atoms with van der Waals surface area (Å²) in [4.78, 5) is 74.1. The van der Waals surface area contributed by atoms with Gasteiger partial charge in [-0.2, -0.15) is 18.2 Å². The van der Waals surface area contributed by atoms with Crippen molar-refractivity contribution in [2.75, 3.05) is 19.1 Å². The number of likely N-dealkylation sites (tertiary alicyclic amines) is 1. The van der Waals surface area contributed by atoms with Gasteiger partial charge in [-0.15, -0.1) is 0 Å². The number of nitrogens with one attached hydrogen (secondary N) is 1. The van der Waals surface area contributed by atoms with Crippen molar-refractivity contribution in [3.8, 4) is 11.5 Å². The summed E-state index contributed by atoms with van der Waals surface area (Å²) in [7, 11) is 1.32. The van der Waals surface area contributed by atoms with E-state index in [1.165, 1.54) is 25.3 Å². The average molecular weight is 931 g/mol. The van der Waals surface area contributed by atoms with Crippen molar-refractivity contribution >= 4 is 90.5 Å². The van der Waals surface area contributed by atoms with Crippen LogP contribution < -0.4 is 10.2 Å². The second kappa shape index (κ2) is 14.1. The number of carbonyl (C=O) groups excluding carboxylic acids is 4. The second-order valence-electron chi connectivity index (χ2n) is 13.5. The second-order valence-corrected chi connectivity index (χ2v) is 16.0. The van der Waals surface area contributed by atoms with Gasteiger partial charge in [-0.25, -0.2) is 4.98 Å². The molecule has 19 heteroatoms. The predicted molar refractivity (Wildman–Crippen MR) is 196 cm³/mol. The molecule has 2 aliphatic carbocycles. The number of pyridine rings is 1. The number of fused-ring (bicyclic) bond motifs is 4. The lowest BCUT2D eigenvalue weighted by Gasteiger charge is -2.51. The van der Waals surface area contributed by atoms with E-state index in [0.717, 1.165) is 4.90 Å². The monoisotopic (exact) mass is 928 g/mol. The molecule has 0 unspecified atom stereocenters. The first kappa shape index (κ1) is 39.1. The number of nitrogens with zero attached hydrogens (tertiary/aromatic N) is 3. The smallest absolute Gasteiger partial charge is 0.417 e. The Morgan fingerprint density at radius 1 is 1.05 bits per heavy atom. The van der Waals surface area contributed by atoms with Crippen molar-refractivity contribution in [1.82, 2.24) is 14.9 Å². The number of aromatic nitrogens is 1. The maximum atomic E-state index is 15.4. The number of imide groups is 2. The first-order valence-corrected chi connectivity index (χ1v) is 18.9. The highest BCUT2D eigenvalue weighted by molar-refractivity contribution is 9.13. The highest BCUT2D eigenvalue weighted by atomic mass is 79.9. The lowest BCUT2D eigenvalue weighted by atomic mass is 9.49. The van der Waals surface area contributed by atoms with Crippen molar-refractivity contribution < 1.29 is 52.1 Å². The molecule has 1 saturated carbocycles. The maximum Gasteiger partial charge on any atom is 0.417 e. The molecule has 3 heterocycles. The van der Waals surface area contributed by atoms with Gasteiger partial charge in [0.2, 0.25) is 11.8 Å². The largest absolute Gasteiger partial charge is 0.503 e. The summed E-state index contributed by atoms with van der Waals surface area (Å²) in [6, 6.07) is 8.29. The number of carboxylic acid groups (broad SMARTS) is 1. The molecule has 55 heavy (non-hydrogen) atoms. The number of hydrazine groups is 1. The molecule has 0 radical (unpaired) electrons. The zero-order valence-corrected chi connectivity index (χ0v) is 32.8. The number of benzene rings is 2. The Morgan fingerprint density at radius 2 is 1.75 bits per heavy atom. The van der Waals surface area contributed by atoms with E-state index in [2.05, 4.69) is 42.3 Å². The Balaban J connectivity index is 1.46. The van der Waals surface area contributed by atoms with E-state index in [1.54, 1.807) is 18.2 Å². The topological polar surface area (TPSA) is 166 Å². The number of rotatable bonds is 8. The van der Waals surface area contributed by atoms with E-state index in [0.29, 0.717) is 39.0 Å². The molecule has 2 aliphatic heterocycles. The number of carbonyl (C=O) groups is 5. The number of phenolic OH excluding ortho intramolecular Hbond substituents is 1. The summed E-state index contributed by atoms with van der Waals surface area (Å²) in [6.07, 6.45) is -3.10. The number of hydrogen-bond acceptors (Lipinski definition) is 9. The Bertz CT molecular complexity index is 2230. The van der Waals surface area contributed by atoms with Crippen molar-refractivity contribution in [2.24, 2.45) is 23.7 Å². The van der Waals surface area contributed by atoms with Crippen LogP contribution in [0.1, 0.15) is 41.9 Å². The third-order valence-electron chi connectivity index (χ3n) is 10.9. The van der Waals surface area contributed by atoms with Crippen LogP contribution in [0.5, 0.6) is 11.5 Å². The number of amides is 4. The van der Waals surface area contributed by atoms with Gasteiger partial charge in [-0.05, 0) is 86.0 Å². The lowest BCUT2D eigenvalue weighted by molar-refractivity contribution is -0.143. The summed E-state index contributed by atoms with van der Waals surface area (Å²) in [5.41, 5.74) is 0.709. The molecule has 3 aromatic rings. The van der Waals surface area contributed by atoms with Crippen molar-refractivity contribution in [3.63, 3.8) is 0 Å². The summed E-state index contributed by atoms with van der Waals surface area (Å²) in [5.74, 6) is -9.92. The van der Waals surface area contributed by atoms with Gasteiger partial charge in [-0.3, -0.25) is 34.3 Å². The van der Waals surface area contributed by atoms with Crippen LogP contribution in [-0.2, 0) is 35.6 Å². The predicted octanol–water partition coefficient (Wildman–Crippen LogP) is 7.11. The lowest BCUT2D eigenvalue weighted by Crippen LogP contribution is -2.53. The van der Waals surface area contributed by atoms with Crippen molar-refractivity contribution in [1.29, 1.82) is 0 Å². The normalized spacial score (nSPS) is 26.1. The fraction of sp³-hybridized carbons (Fsp3) is 0.333. The molecule has 4 amide bonds. The minimum atomic E-state index is -4.79. The molecule has 3 N–H and O–H groups in total. The van der Waals surface area contributed by atoms with Crippen LogP contribution >= 0.6 is 55.1 Å². The molecule has 1 aromatic heterocycles. The molecular weight excluding hydrogens is 904 g/mol. The fourth-order valence-electron chi connectivity index (χ4n) is 8.60. The van der Waals surface area contributed by atoms with Gasteiger partial charge in [-0.1, -0.05) is 47.0 Å². The van der Waals surface area contributed by atoms with Crippen LogP contribution in [0.3, 0.4) is 0 Å². The number of aliphatic carboxylic acids is 1. The minimum absolute atomic E-state index is 0.0104. The third-order valence-corrected chi connectivity index (χ3v) is 13.6. The van der Waals surface area contributed by atoms with Crippen molar-refractivity contribution in [2.45, 2.75) is 36.8 Å². The van der Waals surface area contributed by atoms with Gasteiger partial charge in [0.15, 0.2) is 17.3 Å². The number of hydrogen-bond donors (Lipinski definition) is 3. The van der Waals surface area contributed by atoms with Gasteiger partial charge in [0, 0.05) is 28.2 Å². The van der Waals surface area contributed by atoms with Crippen LogP contribution in [-0.4, -0.2) is 68.4 Å². The van der Waals surface area contributed by atoms with E-state index in [4.69, 9.17) is 27.9 Å². The minimum Gasteiger partial charge on any atom is -0.503 e. The number of anilines is 1. The summed E-state index contributed by atoms with van der Waals surface area (Å²) >= 11 is 19.5. The maximum absolute atomic E-state index is 15.4. The molecule has 2 aromatic carbocycles. The summed E-state index contributed by atoms with van der Waals surface area (Å²) in [6.45, 7) is -0.354. The van der Waals surface area contributed by atoms with Gasteiger partial charge in [0.05, 0.1) is 51.8 Å². The van der Waals surface area contributed by atoms with Crippen molar-refractivity contribution in [3.05, 3.63) is 89.9 Å². The number of alkyl halides is 3. The van der Waals surface area contributed by atoms with Crippen LogP contribution in [0.15, 0.2) is 63.2 Å². The van der Waals surface area contributed by atoms with Crippen LogP contribution in [0.2, 0.25) is 10.0 Å². The molecule has 6 atom stereocenters. The highest BCUT2D eigenvalue weighted by Crippen LogP contribution is 2.65. The van der Waals surface area contributed by atoms with E-state index >= 15 is 4.79 Å². The fourth-order valence-corrected chi connectivity index (χ4v) is 9.89. The Kier molecular flexibility index (Phi) is 10.00. The van der Waals surface area contributed by atoms with Crippen LogP contribution in [0.25, 0.3) is 0 Å². The standard InChI is InChI=1S/C36H27Br2Cl2F3N4O8/c1-55-23-12-20(27(37)28(38)29(23)50)26-17-6-7-18-25(33(53)46(31(18)51)9-8-24(48)49)19(17)11-21-32(52)47(34(54)35(21,26)14-2-4-16(39)5-3-14)45-30-22(40)10-15(13-44-30)36(41,42)43/h2-6,10,12-13,18-19,21,25-26,50H,7-9,11H2,1H3,(H,44,45)(H,48,49)/t18-,19+,21-,25-,26+,35+/m0/s1. The number of aromatic hydroxyl groups is 1. The number of allylic oxidation sites excluding steroid dienone is 2. The molecular formula is C36H27Br2Cl2F3N4O8. The molecule has 0 bridgehead atoms. The molecule has 12 nitrogen and oxygen atoms in total. The third kappa shape index (κ3) is 6.08. The van der Waals surface area contributed by atoms with Crippen LogP contribution in [0.4, 0.5) is 19.0 Å². The number of halogens is 7. The van der Waals surface area contributed by atoms with Gasteiger partial charge in [0.25, 0.3) is 11.8 Å². The zero-order chi connectivity index (χ0) is 39.9. The average Bonchev–Trinajstić information content (AvgIpc) is 3.51. The van der Waals surface area contributed by atoms with E-state index in [1.807, 2.05) is 0 Å². The van der Waals surface area contributed by atoms with E-state index in [-0.39, 0.29) is 39.8 Å². The molecule has 7 rings (SSSR count). The Morgan fingerprint density at radius 3 is 2.36 bits per heavy atom. The van der Waals surface area contributed by atoms with Crippen LogP contribution in [0, 0.1) is 23.7 Å².